The van der Waals surface area contributed by atoms with E-state index in [9.17, 15) is 4.79 Å². The highest BCUT2D eigenvalue weighted by atomic mass is 35.5. The average molecular weight is 335 g/mol. The van der Waals surface area contributed by atoms with Gasteiger partial charge in [-0.3, -0.25) is 9.48 Å². The summed E-state index contributed by atoms with van der Waals surface area (Å²) in [5.74, 6) is 0.783. The monoisotopic (exact) mass is 334 g/mol. The van der Waals surface area contributed by atoms with Crippen LogP contribution in [0.5, 0.6) is 5.75 Å². The number of aryl methyl sites for hydroxylation is 1. The smallest absolute Gasteiger partial charge is 0.258 e. The fourth-order valence-electron chi connectivity index (χ4n) is 2.78. The normalized spacial score (nSPS) is 14.9. The first-order chi connectivity index (χ1) is 11.1. The van der Waals surface area contributed by atoms with Gasteiger partial charge in [-0.15, -0.1) is 0 Å². The van der Waals surface area contributed by atoms with Crippen LogP contribution in [0.25, 0.3) is 0 Å². The van der Waals surface area contributed by atoms with Crippen molar-refractivity contribution in [2.45, 2.75) is 0 Å². The number of rotatable bonds is 3. The van der Waals surface area contributed by atoms with Crippen molar-refractivity contribution in [1.29, 1.82) is 0 Å². The lowest BCUT2D eigenvalue weighted by atomic mass is 10.2. The fraction of sp³-hybridized carbons (Fsp3) is 0.375. The van der Waals surface area contributed by atoms with Crippen molar-refractivity contribution in [3.8, 4) is 5.75 Å². The maximum Gasteiger partial charge on any atom is 0.258 e. The Labute approximate surface area is 140 Å². The highest BCUT2D eigenvalue weighted by molar-refractivity contribution is 6.32. The summed E-state index contributed by atoms with van der Waals surface area (Å²) < 4.78 is 6.91. The second-order valence-corrected chi connectivity index (χ2v) is 5.78. The molecule has 6 nitrogen and oxygen atoms in total. The number of ether oxygens (including phenoxy) is 1. The maximum atomic E-state index is 12.5. The fourth-order valence-corrected chi connectivity index (χ4v) is 2.95. The van der Waals surface area contributed by atoms with Crippen LogP contribution in [0.2, 0.25) is 5.15 Å². The van der Waals surface area contributed by atoms with E-state index in [0.717, 1.165) is 24.5 Å². The molecule has 1 aliphatic rings. The topological polar surface area (TPSA) is 50.6 Å². The second-order valence-electron chi connectivity index (χ2n) is 5.42. The predicted octanol–water partition coefficient (Wildman–Crippen LogP) is 2.04. The molecule has 0 radical (unpaired) electrons. The zero-order valence-corrected chi connectivity index (χ0v) is 14.0. The number of hydrogen-bond donors (Lipinski definition) is 0. The van der Waals surface area contributed by atoms with Crippen molar-refractivity contribution >= 4 is 23.2 Å². The molecule has 3 rings (SSSR count). The third kappa shape index (κ3) is 2.99. The van der Waals surface area contributed by atoms with Crippen LogP contribution < -0.4 is 9.64 Å². The number of para-hydroxylation sites is 2. The number of anilines is 1. The first kappa shape index (κ1) is 15.7. The minimum absolute atomic E-state index is 0.0669. The van der Waals surface area contributed by atoms with E-state index >= 15 is 0 Å². The standard InChI is InChI=1S/C16H19ClN4O2/c1-19-15(17)12(11-18-19)16(22)21-9-7-20(8-10-21)13-5-3-4-6-14(13)23-2/h3-6,11H,7-10H2,1-2H3. The summed E-state index contributed by atoms with van der Waals surface area (Å²) in [6, 6.07) is 7.92. The Morgan fingerprint density at radius 3 is 2.52 bits per heavy atom. The van der Waals surface area contributed by atoms with Crippen LogP contribution in [0.15, 0.2) is 30.5 Å². The molecule has 0 N–H and O–H groups in total. The largest absolute Gasteiger partial charge is 0.495 e. The van der Waals surface area contributed by atoms with E-state index in [2.05, 4.69) is 10.00 Å². The van der Waals surface area contributed by atoms with Crippen molar-refractivity contribution in [3.05, 3.63) is 41.2 Å². The minimum Gasteiger partial charge on any atom is -0.495 e. The Balaban J connectivity index is 1.69. The van der Waals surface area contributed by atoms with Crippen LogP contribution in [-0.2, 0) is 7.05 Å². The van der Waals surface area contributed by atoms with Gasteiger partial charge in [0.05, 0.1) is 24.6 Å². The molecular formula is C16H19ClN4O2. The van der Waals surface area contributed by atoms with E-state index in [-0.39, 0.29) is 5.91 Å². The molecule has 1 fully saturated rings. The lowest BCUT2D eigenvalue weighted by Gasteiger charge is -2.36. The number of amides is 1. The van der Waals surface area contributed by atoms with Gasteiger partial charge in [0.2, 0.25) is 0 Å². The van der Waals surface area contributed by atoms with E-state index in [4.69, 9.17) is 16.3 Å². The number of piperazine rings is 1. The predicted molar refractivity (Wildman–Crippen MR) is 89.3 cm³/mol. The highest BCUT2D eigenvalue weighted by Gasteiger charge is 2.26. The van der Waals surface area contributed by atoms with Crippen LogP contribution in [0.1, 0.15) is 10.4 Å². The molecule has 0 bridgehead atoms. The zero-order chi connectivity index (χ0) is 16.4. The Hall–Kier alpha value is -2.21. The molecule has 122 valence electrons. The van der Waals surface area contributed by atoms with E-state index in [1.165, 1.54) is 10.9 Å². The molecule has 2 heterocycles. The van der Waals surface area contributed by atoms with Crippen molar-refractivity contribution in [3.63, 3.8) is 0 Å². The Kier molecular flexibility index (Phi) is 4.43. The molecule has 2 aromatic rings. The van der Waals surface area contributed by atoms with Gasteiger partial charge in [-0.25, -0.2) is 0 Å². The average Bonchev–Trinajstić information content (AvgIpc) is 2.93. The molecule has 0 saturated carbocycles. The first-order valence-electron chi connectivity index (χ1n) is 7.46. The number of hydrogen-bond acceptors (Lipinski definition) is 4. The molecule has 1 aromatic carbocycles. The van der Waals surface area contributed by atoms with Crippen molar-refractivity contribution < 1.29 is 9.53 Å². The molecular weight excluding hydrogens is 316 g/mol. The number of benzene rings is 1. The molecule has 1 amide bonds. The molecule has 1 saturated heterocycles. The van der Waals surface area contributed by atoms with Gasteiger partial charge >= 0.3 is 0 Å². The van der Waals surface area contributed by atoms with Gasteiger partial charge in [0.15, 0.2) is 0 Å². The van der Waals surface area contributed by atoms with E-state index in [1.807, 2.05) is 29.2 Å². The molecule has 0 aliphatic carbocycles. The quantitative estimate of drug-likeness (QED) is 0.862. The van der Waals surface area contributed by atoms with Crippen molar-refractivity contribution in [2.24, 2.45) is 7.05 Å². The number of nitrogens with zero attached hydrogens (tertiary/aromatic N) is 4. The van der Waals surface area contributed by atoms with Gasteiger partial charge in [-0.1, -0.05) is 23.7 Å². The van der Waals surface area contributed by atoms with E-state index in [1.54, 1.807) is 14.2 Å². The molecule has 0 spiro atoms. The number of methoxy groups -OCH3 is 1. The summed E-state index contributed by atoms with van der Waals surface area (Å²) in [6.45, 7) is 2.79. The third-order valence-electron chi connectivity index (χ3n) is 4.09. The van der Waals surface area contributed by atoms with Crippen LogP contribution in [0.3, 0.4) is 0 Å². The number of carbonyl (C=O) groups is 1. The molecule has 7 heteroatoms. The maximum absolute atomic E-state index is 12.5. The summed E-state index contributed by atoms with van der Waals surface area (Å²) in [4.78, 5) is 16.6. The lowest BCUT2D eigenvalue weighted by Crippen LogP contribution is -2.48. The van der Waals surface area contributed by atoms with E-state index < -0.39 is 0 Å². The number of carbonyl (C=O) groups excluding carboxylic acids is 1. The first-order valence-corrected chi connectivity index (χ1v) is 7.84. The van der Waals surface area contributed by atoms with Gasteiger partial charge in [-0.2, -0.15) is 5.10 Å². The van der Waals surface area contributed by atoms with Crippen LogP contribution in [-0.4, -0.2) is 53.9 Å². The van der Waals surface area contributed by atoms with Gasteiger partial charge in [0.1, 0.15) is 10.9 Å². The van der Waals surface area contributed by atoms with Crippen LogP contribution in [0.4, 0.5) is 5.69 Å². The van der Waals surface area contributed by atoms with Crippen LogP contribution in [0, 0.1) is 0 Å². The number of aromatic nitrogens is 2. The Morgan fingerprint density at radius 1 is 1.22 bits per heavy atom. The van der Waals surface area contributed by atoms with Gasteiger partial charge in [-0.05, 0) is 12.1 Å². The van der Waals surface area contributed by atoms with Gasteiger partial charge in [0, 0.05) is 33.2 Å². The molecule has 0 unspecified atom stereocenters. The highest BCUT2D eigenvalue weighted by Crippen LogP contribution is 2.28. The van der Waals surface area contributed by atoms with Gasteiger partial charge < -0.3 is 14.5 Å². The molecule has 1 aromatic heterocycles. The van der Waals surface area contributed by atoms with Crippen LogP contribution >= 0.6 is 11.6 Å². The second kappa shape index (κ2) is 6.50. The third-order valence-corrected chi connectivity index (χ3v) is 4.54. The Bertz CT molecular complexity index is 708. The zero-order valence-electron chi connectivity index (χ0n) is 13.2. The molecule has 0 atom stereocenters. The van der Waals surface area contributed by atoms with Crippen molar-refractivity contribution in [1.82, 2.24) is 14.7 Å². The van der Waals surface area contributed by atoms with Crippen molar-refractivity contribution in [2.75, 3.05) is 38.2 Å². The van der Waals surface area contributed by atoms with E-state index in [0.29, 0.717) is 23.8 Å². The number of halogens is 1. The lowest BCUT2D eigenvalue weighted by molar-refractivity contribution is 0.0747. The molecule has 23 heavy (non-hydrogen) atoms. The summed E-state index contributed by atoms with van der Waals surface area (Å²) in [6.07, 6.45) is 1.53. The minimum atomic E-state index is -0.0669. The summed E-state index contributed by atoms with van der Waals surface area (Å²) in [5, 5.41) is 4.40. The summed E-state index contributed by atoms with van der Waals surface area (Å²) >= 11 is 6.11. The summed E-state index contributed by atoms with van der Waals surface area (Å²) in [7, 11) is 3.39. The SMILES string of the molecule is COc1ccccc1N1CCN(C(=O)c2cnn(C)c2Cl)CC1. The molecule has 1 aliphatic heterocycles. The summed E-state index contributed by atoms with van der Waals surface area (Å²) in [5.41, 5.74) is 1.52. The van der Waals surface area contributed by atoms with Gasteiger partial charge in [0.25, 0.3) is 5.91 Å². The Morgan fingerprint density at radius 2 is 1.91 bits per heavy atom.